The van der Waals surface area contributed by atoms with E-state index in [9.17, 15) is 14.7 Å². The lowest BCUT2D eigenvalue weighted by Crippen LogP contribution is -2.46. The van der Waals surface area contributed by atoms with Gasteiger partial charge in [-0.1, -0.05) is 30.3 Å². The fraction of sp³-hybridized carbons (Fsp3) is 0.357. The lowest BCUT2D eigenvalue weighted by Gasteiger charge is -2.22. The third-order valence-corrected chi connectivity index (χ3v) is 2.30. The van der Waals surface area contributed by atoms with E-state index in [4.69, 9.17) is 4.74 Å². The van der Waals surface area contributed by atoms with E-state index in [1.54, 1.807) is 19.1 Å². The van der Waals surface area contributed by atoms with Crippen molar-refractivity contribution in [1.29, 1.82) is 0 Å². The molecule has 2 N–H and O–H groups in total. The number of amides is 2. The first kappa shape index (κ1) is 15.8. The molecular formula is C14H18N2O4. The summed E-state index contributed by atoms with van der Waals surface area (Å²) in [4.78, 5) is 26.4. The summed E-state index contributed by atoms with van der Waals surface area (Å²) in [5, 5.41) is 12.1. The Kier molecular flexibility index (Phi) is 5.86. The van der Waals surface area contributed by atoms with Gasteiger partial charge in [-0.25, -0.2) is 9.79 Å². The van der Waals surface area contributed by atoms with E-state index in [0.717, 1.165) is 5.56 Å². The zero-order valence-electron chi connectivity index (χ0n) is 11.5. The highest BCUT2D eigenvalue weighted by Gasteiger charge is 2.26. The molecule has 1 atom stereocenters. The Morgan fingerprint density at radius 2 is 2.05 bits per heavy atom. The minimum Gasteiger partial charge on any atom is -0.466 e. The van der Waals surface area contributed by atoms with Gasteiger partial charge in [-0.05, 0) is 19.4 Å². The smallest absolute Gasteiger partial charge is 0.343 e. The number of hydrogen-bond donors (Lipinski definition) is 2. The molecule has 1 aromatic rings. The van der Waals surface area contributed by atoms with Crippen LogP contribution in [0.3, 0.4) is 0 Å². The third kappa shape index (κ3) is 6.10. The van der Waals surface area contributed by atoms with Gasteiger partial charge < -0.3 is 15.2 Å². The van der Waals surface area contributed by atoms with Crippen LogP contribution < -0.4 is 5.32 Å². The first-order valence-corrected chi connectivity index (χ1v) is 6.22. The maximum atomic E-state index is 11.6. The van der Waals surface area contributed by atoms with Gasteiger partial charge in [-0.3, -0.25) is 4.79 Å². The van der Waals surface area contributed by atoms with Gasteiger partial charge in [0.2, 0.25) is 0 Å². The molecule has 0 bridgehead atoms. The number of esters is 1. The lowest BCUT2D eigenvalue weighted by atomic mass is 10.2. The Morgan fingerprint density at radius 1 is 1.40 bits per heavy atom. The van der Waals surface area contributed by atoms with Crippen LogP contribution in [0.15, 0.2) is 35.3 Å². The van der Waals surface area contributed by atoms with E-state index in [1.165, 1.54) is 13.1 Å². The van der Waals surface area contributed by atoms with Crippen LogP contribution in [0.4, 0.5) is 4.79 Å². The molecule has 0 aliphatic carbocycles. The van der Waals surface area contributed by atoms with E-state index in [2.05, 4.69) is 10.3 Å². The van der Waals surface area contributed by atoms with Crippen molar-refractivity contribution in [2.24, 2.45) is 4.99 Å². The summed E-state index contributed by atoms with van der Waals surface area (Å²) in [7, 11) is 0. The highest BCUT2D eigenvalue weighted by Crippen LogP contribution is 2.06. The summed E-state index contributed by atoms with van der Waals surface area (Å²) in [5.41, 5.74) is -0.940. The highest BCUT2D eigenvalue weighted by atomic mass is 16.5. The summed E-state index contributed by atoms with van der Waals surface area (Å²) < 4.78 is 4.70. The van der Waals surface area contributed by atoms with Crippen LogP contribution in [-0.4, -0.2) is 35.7 Å². The highest BCUT2D eigenvalue weighted by molar-refractivity contribution is 5.91. The molecule has 0 saturated carbocycles. The quantitative estimate of drug-likeness (QED) is 0.485. The predicted octanol–water partition coefficient (Wildman–Crippen LogP) is 1.48. The molecule has 0 aromatic heterocycles. The lowest BCUT2D eigenvalue weighted by molar-refractivity contribution is -0.148. The largest absolute Gasteiger partial charge is 0.466 e. The minimum absolute atomic E-state index is 0.217. The Labute approximate surface area is 117 Å². The first-order valence-electron chi connectivity index (χ1n) is 6.22. The zero-order chi connectivity index (χ0) is 15.0. The number of aliphatic hydroxyl groups is 1. The van der Waals surface area contributed by atoms with Gasteiger partial charge in [0, 0.05) is 6.21 Å². The summed E-state index contributed by atoms with van der Waals surface area (Å²) in [6.45, 7) is 3.18. The van der Waals surface area contributed by atoms with Gasteiger partial charge in [-0.2, -0.15) is 0 Å². The molecule has 0 fully saturated rings. The Bertz CT molecular complexity index is 483. The van der Waals surface area contributed by atoms with Gasteiger partial charge in [-0.15, -0.1) is 0 Å². The van der Waals surface area contributed by atoms with Crippen molar-refractivity contribution >= 4 is 18.2 Å². The molecule has 0 spiro atoms. The van der Waals surface area contributed by atoms with Gasteiger partial charge in [0.25, 0.3) is 0 Å². The molecule has 0 saturated heterocycles. The number of carbonyl (C=O) groups is 2. The van der Waals surface area contributed by atoms with Crippen LogP contribution in [0.1, 0.15) is 25.8 Å². The number of carbonyl (C=O) groups excluding carboxylic acids is 2. The Hall–Kier alpha value is -2.21. The summed E-state index contributed by atoms with van der Waals surface area (Å²) >= 11 is 0. The molecule has 0 radical (unpaired) electrons. The summed E-state index contributed by atoms with van der Waals surface area (Å²) in [6, 6.07) is 8.32. The zero-order valence-corrected chi connectivity index (χ0v) is 11.5. The summed E-state index contributed by atoms with van der Waals surface area (Å²) in [5.74, 6) is -0.593. The van der Waals surface area contributed by atoms with Crippen LogP contribution in [-0.2, 0) is 9.53 Å². The van der Waals surface area contributed by atoms with E-state index < -0.39 is 17.7 Å². The van der Waals surface area contributed by atoms with Crippen molar-refractivity contribution in [3.8, 4) is 0 Å². The van der Waals surface area contributed by atoms with Crippen LogP contribution in [0.2, 0.25) is 0 Å². The number of benzene rings is 1. The summed E-state index contributed by atoms with van der Waals surface area (Å²) in [6.07, 6.45) is 1.03. The number of nitrogens with zero attached hydrogens (tertiary/aromatic N) is 1. The minimum atomic E-state index is -1.70. The second kappa shape index (κ2) is 7.40. The number of rotatable bonds is 5. The third-order valence-electron chi connectivity index (χ3n) is 2.30. The van der Waals surface area contributed by atoms with Crippen molar-refractivity contribution < 1.29 is 19.4 Å². The van der Waals surface area contributed by atoms with Crippen LogP contribution in [0, 0.1) is 0 Å². The van der Waals surface area contributed by atoms with Crippen LogP contribution >= 0.6 is 0 Å². The van der Waals surface area contributed by atoms with Gasteiger partial charge >= 0.3 is 12.0 Å². The molecule has 0 heterocycles. The van der Waals surface area contributed by atoms with Crippen molar-refractivity contribution in [1.82, 2.24) is 5.32 Å². The van der Waals surface area contributed by atoms with E-state index in [0.29, 0.717) is 0 Å². The molecule has 0 aliphatic heterocycles. The van der Waals surface area contributed by atoms with Crippen LogP contribution in [0.25, 0.3) is 0 Å². The average Bonchev–Trinajstić information content (AvgIpc) is 2.36. The fourth-order valence-corrected chi connectivity index (χ4v) is 1.47. The maximum absolute atomic E-state index is 11.6. The fourth-order valence-electron chi connectivity index (χ4n) is 1.47. The monoisotopic (exact) mass is 278 g/mol. The number of ether oxygens (including phenoxy) is 1. The maximum Gasteiger partial charge on any atom is 0.343 e. The van der Waals surface area contributed by atoms with Crippen molar-refractivity contribution in [2.45, 2.75) is 26.0 Å². The second-order valence-corrected chi connectivity index (χ2v) is 4.35. The Balaban J connectivity index is 2.52. The molecule has 2 amide bonds. The number of hydrogen-bond acceptors (Lipinski definition) is 4. The standard InChI is InChI=1S/C14H18N2O4/c1-3-20-12(17)9-14(2,19)16-13(18)15-10-11-7-5-4-6-8-11/h4-8,10,19H,3,9H2,1-2H3,(H,16,18)/b15-10+. The average molecular weight is 278 g/mol. The van der Waals surface area contributed by atoms with Crippen molar-refractivity contribution in [2.75, 3.05) is 6.61 Å². The van der Waals surface area contributed by atoms with Gasteiger partial charge in [0.1, 0.15) is 5.72 Å². The molecule has 1 unspecified atom stereocenters. The molecular weight excluding hydrogens is 260 g/mol. The SMILES string of the molecule is CCOC(=O)CC(C)(O)NC(=O)/N=C/c1ccccc1. The molecule has 1 aromatic carbocycles. The Morgan fingerprint density at radius 3 is 2.65 bits per heavy atom. The molecule has 108 valence electrons. The molecule has 6 nitrogen and oxygen atoms in total. The van der Waals surface area contributed by atoms with Gasteiger partial charge in [0.15, 0.2) is 0 Å². The van der Waals surface area contributed by atoms with E-state index in [-0.39, 0.29) is 13.0 Å². The van der Waals surface area contributed by atoms with Gasteiger partial charge in [0.05, 0.1) is 13.0 Å². The van der Waals surface area contributed by atoms with Crippen LogP contribution in [0.5, 0.6) is 0 Å². The topological polar surface area (TPSA) is 88.0 Å². The molecule has 20 heavy (non-hydrogen) atoms. The molecule has 1 rings (SSSR count). The predicted molar refractivity (Wildman–Crippen MR) is 74.4 cm³/mol. The molecule has 6 heteroatoms. The number of urea groups is 1. The second-order valence-electron chi connectivity index (χ2n) is 4.35. The van der Waals surface area contributed by atoms with E-state index >= 15 is 0 Å². The van der Waals surface area contributed by atoms with E-state index in [1.807, 2.05) is 18.2 Å². The normalized spacial score (nSPS) is 13.8. The van der Waals surface area contributed by atoms with Crippen molar-refractivity contribution in [3.63, 3.8) is 0 Å². The van der Waals surface area contributed by atoms with Crippen molar-refractivity contribution in [3.05, 3.63) is 35.9 Å². The number of nitrogens with one attached hydrogen (secondary N) is 1. The number of aliphatic imine (C=N–C) groups is 1. The first-order chi connectivity index (χ1) is 9.43. The molecule has 0 aliphatic rings.